The molecular weight excluding hydrogens is 244 g/mol. The predicted octanol–water partition coefficient (Wildman–Crippen LogP) is 0.895. The number of carbonyl (C=O) groups excluding carboxylic acids is 1. The third kappa shape index (κ3) is 4.14. The van der Waals surface area contributed by atoms with Crippen molar-refractivity contribution >= 4 is 28.3 Å². The zero-order valence-corrected chi connectivity index (χ0v) is 9.23. The number of hydrogen-bond donors (Lipinski definition) is 0. The zero-order chi connectivity index (χ0) is 8.20. The van der Waals surface area contributed by atoms with Gasteiger partial charge in [-0.25, -0.2) is 0 Å². The number of carbonyl (C=O) groups is 1. The van der Waals surface area contributed by atoms with Gasteiger partial charge in [-0.3, -0.25) is 0 Å². The van der Waals surface area contributed by atoms with Gasteiger partial charge in [0.15, 0.2) is 0 Å². The molecule has 0 unspecified atom stereocenters. The van der Waals surface area contributed by atoms with E-state index in [9.17, 15) is 4.79 Å². The molecule has 0 aliphatic rings. The molecule has 60 valence electrons. The molecule has 3 heteroatoms. The van der Waals surface area contributed by atoms with Gasteiger partial charge in [-0.15, -0.1) is 0 Å². The van der Waals surface area contributed by atoms with Crippen LogP contribution in [0.4, 0.5) is 0 Å². The maximum absolute atomic E-state index is 11.0. The van der Waals surface area contributed by atoms with E-state index in [2.05, 4.69) is 0 Å². The molecule has 0 atom stereocenters. The Kier molecular flexibility index (Phi) is 4.31. The fourth-order valence-corrected chi connectivity index (χ4v) is 0.615. The van der Waals surface area contributed by atoms with Crippen LogP contribution in [0.1, 0.15) is 20.8 Å². The Morgan fingerprint density at radius 3 is 2.30 bits per heavy atom. The molecule has 0 aromatic carbocycles. The standard InChI is InChI=1S/C7H14O2Te/c1-7(2,3)6(8)9-4-5-10/h10H,4-5H2,1-3H3. The predicted molar refractivity (Wildman–Crippen MR) is 42.4 cm³/mol. The van der Waals surface area contributed by atoms with E-state index in [4.69, 9.17) is 4.74 Å². The van der Waals surface area contributed by atoms with Crippen molar-refractivity contribution in [3.63, 3.8) is 0 Å². The Morgan fingerprint density at radius 2 is 2.00 bits per heavy atom. The molecule has 0 aromatic rings. The molecule has 0 heterocycles. The first-order valence-electron chi connectivity index (χ1n) is 3.26. The average molecular weight is 258 g/mol. The van der Waals surface area contributed by atoms with Gasteiger partial charge in [0, 0.05) is 0 Å². The Balaban J connectivity index is 3.64. The van der Waals surface area contributed by atoms with Crippen molar-refractivity contribution < 1.29 is 9.53 Å². The van der Waals surface area contributed by atoms with Crippen molar-refractivity contribution in [1.29, 1.82) is 0 Å². The Labute approximate surface area is 75.2 Å². The van der Waals surface area contributed by atoms with Crippen LogP contribution in [0.25, 0.3) is 0 Å². The van der Waals surface area contributed by atoms with E-state index in [1.807, 2.05) is 20.8 Å². The summed E-state index contributed by atoms with van der Waals surface area (Å²) in [5, 5.41) is 0. The normalized spacial score (nSPS) is 11.2. The monoisotopic (exact) mass is 260 g/mol. The Bertz CT molecular complexity index is 115. The van der Waals surface area contributed by atoms with Crippen LogP contribution in [0, 0.1) is 5.41 Å². The van der Waals surface area contributed by atoms with E-state index in [1.165, 1.54) is 0 Å². The van der Waals surface area contributed by atoms with Crippen LogP contribution in [0.5, 0.6) is 0 Å². The second kappa shape index (κ2) is 4.20. The fraction of sp³-hybridized carbons (Fsp3) is 0.857. The SMILES string of the molecule is CC(C)(C)C(=O)OCC[TeH]. The molecule has 0 fully saturated rings. The van der Waals surface area contributed by atoms with E-state index in [0.717, 1.165) is 4.47 Å². The fourth-order valence-electron chi connectivity index (χ4n) is 0.355. The Morgan fingerprint density at radius 1 is 1.50 bits per heavy atom. The van der Waals surface area contributed by atoms with Crippen LogP contribution in [0.3, 0.4) is 0 Å². The summed E-state index contributed by atoms with van der Waals surface area (Å²) in [7, 11) is 0. The molecule has 0 amide bonds. The van der Waals surface area contributed by atoms with Crippen molar-refractivity contribution in [3.05, 3.63) is 0 Å². The van der Waals surface area contributed by atoms with Crippen molar-refractivity contribution in [3.8, 4) is 0 Å². The van der Waals surface area contributed by atoms with Crippen molar-refractivity contribution in [2.45, 2.75) is 25.2 Å². The molecule has 0 aliphatic heterocycles. The second-order valence-electron chi connectivity index (χ2n) is 3.11. The summed E-state index contributed by atoms with van der Waals surface area (Å²) in [5.74, 6) is -0.108. The van der Waals surface area contributed by atoms with Gasteiger partial charge in [-0.2, -0.15) is 0 Å². The molecule has 10 heavy (non-hydrogen) atoms. The molecule has 0 radical (unpaired) electrons. The van der Waals surface area contributed by atoms with E-state index < -0.39 is 0 Å². The van der Waals surface area contributed by atoms with Crippen LogP contribution in [-0.4, -0.2) is 34.9 Å². The molecule has 0 saturated carbocycles. The summed E-state index contributed by atoms with van der Waals surface area (Å²) in [5.41, 5.74) is -0.346. The summed E-state index contributed by atoms with van der Waals surface area (Å²) in [4.78, 5) is 11.0. The minimum atomic E-state index is -0.346. The van der Waals surface area contributed by atoms with Gasteiger partial charge in [-0.1, -0.05) is 0 Å². The minimum absolute atomic E-state index is 0.108. The van der Waals surface area contributed by atoms with Gasteiger partial charge >= 0.3 is 75.1 Å². The molecule has 0 bridgehead atoms. The van der Waals surface area contributed by atoms with Crippen molar-refractivity contribution in [2.75, 3.05) is 6.61 Å². The first-order chi connectivity index (χ1) is 4.48. The molecule has 2 nitrogen and oxygen atoms in total. The van der Waals surface area contributed by atoms with Crippen LogP contribution < -0.4 is 0 Å². The van der Waals surface area contributed by atoms with Gasteiger partial charge in [0.1, 0.15) is 0 Å². The number of rotatable bonds is 2. The summed E-state index contributed by atoms with van der Waals surface area (Å²) in [6.45, 7) is 6.13. The second-order valence-corrected chi connectivity index (χ2v) is 4.39. The summed E-state index contributed by atoms with van der Waals surface area (Å²) in [6.07, 6.45) is 0. The topological polar surface area (TPSA) is 26.3 Å². The molecule has 0 saturated heterocycles. The van der Waals surface area contributed by atoms with E-state index >= 15 is 0 Å². The average Bonchev–Trinajstić information content (AvgIpc) is 1.80. The van der Waals surface area contributed by atoms with Crippen LogP contribution >= 0.6 is 0 Å². The van der Waals surface area contributed by atoms with Crippen molar-refractivity contribution in [1.82, 2.24) is 0 Å². The van der Waals surface area contributed by atoms with E-state index in [1.54, 1.807) is 22.3 Å². The summed E-state index contributed by atoms with van der Waals surface area (Å²) >= 11 is 1.67. The van der Waals surface area contributed by atoms with Crippen LogP contribution in [0.2, 0.25) is 4.47 Å². The van der Waals surface area contributed by atoms with Gasteiger partial charge in [0.25, 0.3) is 0 Å². The van der Waals surface area contributed by atoms with E-state index in [0.29, 0.717) is 6.61 Å². The number of ether oxygens (including phenoxy) is 1. The quantitative estimate of drug-likeness (QED) is 0.543. The van der Waals surface area contributed by atoms with E-state index in [-0.39, 0.29) is 11.4 Å². The molecule has 0 aromatic heterocycles. The summed E-state index contributed by atoms with van der Waals surface area (Å²) in [6, 6.07) is 0. The maximum atomic E-state index is 11.0. The van der Waals surface area contributed by atoms with Gasteiger partial charge in [0.05, 0.1) is 0 Å². The molecule has 0 spiro atoms. The Hall–Kier alpha value is 0.260. The zero-order valence-electron chi connectivity index (χ0n) is 6.68. The number of esters is 1. The van der Waals surface area contributed by atoms with Crippen LogP contribution in [-0.2, 0) is 9.53 Å². The third-order valence-electron chi connectivity index (χ3n) is 0.937. The molecular formula is C7H14O2Te. The van der Waals surface area contributed by atoms with Crippen LogP contribution in [0.15, 0.2) is 0 Å². The number of hydrogen-bond acceptors (Lipinski definition) is 2. The molecule has 0 aliphatic carbocycles. The van der Waals surface area contributed by atoms with Gasteiger partial charge < -0.3 is 0 Å². The van der Waals surface area contributed by atoms with Gasteiger partial charge in [-0.05, 0) is 0 Å². The molecule has 0 rings (SSSR count). The summed E-state index contributed by atoms with van der Waals surface area (Å²) < 4.78 is 5.87. The van der Waals surface area contributed by atoms with Crippen molar-refractivity contribution in [2.24, 2.45) is 5.41 Å². The third-order valence-corrected chi connectivity index (χ3v) is 1.46. The molecule has 0 N–H and O–H groups in total. The van der Waals surface area contributed by atoms with Gasteiger partial charge in [0.2, 0.25) is 0 Å². The first kappa shape index (κ1) is 10.3. The first-order valence-corrected chi connectivity index (χ1v) is 5.07.